The van der Waals surface area contributed by atoms with E-state index in [1.165, 1.54) is 42.6 Å². The van der Waals surface area contributed by atoms with Crippen LogP contribution in [0.15, 0.2) is 234 Å². The van der Waals surface area contributed by atoms with E-state index in [0.29, 0.717) is 5.92 Å². The number of allylic oxidation sites excluding steroid dienone is 2. The van der Waals surface area contributed by atoms with Gasteiger partial charge in [0, 0.05) is 59.4 Å². The molecule has 3 heterocycles. The van der Waals surface area contributed by atoms with Gasteiger partial charge < -0.3 is 20.2 Å². The van der Waals surface area contributed by atoms with Crippen molar-refractivity contribution in [3.8, 4) is 39.1 Å². The van der Waals surface area contributed by atoms with E-state index >= 15 is 0 Å². The number of nitrogen functional groups attached to an aromatic ring is 1. The molecule has 9 aromatic carbocycles. The van der Waals surface area contributed by atoms with Gasteiger partial charge in [-0.15, -0.1) is 11.3 Å². The molecule has 0 saturated carbocycles. The highest BCUT2D eigenvalue weighted by molar-refractivity contribution is 7.25. The number of amidine groups is 1. The number of benzene rings is 9. The maximum Gasteiger partial charge on any atom is 0.135 e. The van der Waals surface area contributed by atoms with Gasteiger partial charge in [0.15, 0.2) is 0 Å². The Kier molecular flexibility index (Phi) is 12.4. The summed E-state index contributed by atoms with van der Waals surface area (Å²) in [5.74, 6) is 0.728. The molecule has 0 bridgehead atoms. The molecule has 7 heteroatoms. The summed E-state index contributed by atoms with van der Waals surface area (Å²) in [5.41, 5.74) is 20.2. The number of nitrogens with zero attached hydrogens (tertiary/aromatic N) is 2. The number of hydrogen-bond acceptors (Lipinski definition) is 6. The molecule has 0 radical (unpaired) electrons. The SMILES string of the molecule is C=NC(C)c1cccc2oc3ccc(-c4cccc(O)c4-c4ccc(-c5ccc6c(c5)sc5ccccc56)cc4)cc3c12.Cc1ccccc1.N=C(N)c1cccc(N2c3ccccc3C3C=CC=CC32)c1. The van der Waals surface area contributed by atoms with Gasteiger partial charge in [-0.1, -0.05) is 175 Å². The highest BCUT2D eigenvalue weighted by Crippen LogP contribution is 2.48. The number of aromatic hydroxyl groups is 1. The Labute approximate surface area is 423 Å². The molecule has 3 atom stereocenters. The van der Waals surface area contributed by atoms with Crippen LogP contribution in [-0.4, -0.2) is 23.7 Å². The summed E-state index contributed by atoms with van der Waals surface area (Å²) in [4.78, 5) is 6.61. The minimum atomic E-state index is -0.0532. The third-order valence-corrected chi connectivity index (χ3v) is 15.0. The lowest BCUT2D eigenvalue weighted by atomic mass is 9.91. The quantitative estimate of drug-likeness (QED) is 0.109. The van der Waals surface area contributed by atoms with Crippen molar-refractivity contribution in [1.82, 2.24) is 0 Å². The molecule has 3 unspecified atom stereocenters. The number of aryl methyl sites for hydroxylation is 1. The zero-order valence-electron chi connectivity index (χ0n) is 40.0. The Morgan fingerprint density at radius 1 is 0.653 bits per heavy atom. The van der Waals surface area contributed by atoms with Gasteiger partial charge >= 0.3 is 0 Å². The van der Waals surface area contributed by atoms with Crippen molar-refractivity contribution in [2.75, 3.05) is 4.90 Å². The first-order chi connectivity index (χ1) is 35.2. The molecule has 72 heavy (non-hydrogen) atoms. The summed E-state index contributed by atoms with van der Waals surface area (Å²) < 4.78 is 8.80. The van der Waals surface area contributed by atoms with E-state index in [1.807, 2.05) is 78.9 Å². The number of nitrogens with one attached hydrogen (secondary N) is 1. The maximum atomic E-state index is 11.1. The Morgan fingerprint density at radius 2 is 1.36 bits per heavy atom. The van der Waals surface area contributed by atoms with Crippen molar-refractivity contribution in [3.63, 3.8) is 0 Å². The average molecular weight is 953 g/mol. The van der Waals surface area contributed by atoms with E-state index in [-0.39, 0.29) is 23.7 Å². The van der Waals surface area contributed by atoms with Gasteiger partial charge in [0.05, 0.1) is 12.1 Å². The van der Waals surface area contributed by atoms with E-state index in [2.05, 4.69) is 181 Å². The molecule has 0 amide bonds. The fraction of sp³-hybridized carbons (Fsp3) is 0.0769. The second kappa shape index (κ2) is 19.5. The zero-order chi connectivity index (χ0) is 49.3. The largest absolute Gasteiger partial charge is 0.507 e. The van der Waals surface area contributed by atoms with Crippen LogP contribution >= 0.6 is 11.3 Å². The van der Waals surface area contributed by atoms with Gasteiger partial charge in [0.2, 0.25) is 0 Å². The molecule has 0 spiro atoms. The molecule has 350 valence electrons. The summed E-state index contributed by atoms with van der Waals surface area (Å²) in [6.45, 7) is 7.90. The van der Waals surface area contributed by atoms with Crippen molar-refractivity contribution < 1.29 is 9.52 Å². The summed E-state index contributed by atoms with van der Waals surface area (Å²) in [7, 11) is 0. The maximum absolute atomic E-state index is 11.1. The number of hydrogen-bond donors (Lipinski definition) is 3. The summed E-state index contributed by atoms with van der Waals surface area (Å²) in [6.07, 6.45) is 8.73. The second-order valence-corrected chi connectivity index (χ2v) is 19.4. The number of fused-ring (bicyclic) bond motifs is 9. The van der Waals surface area contributed by atoms with Crippen LogP contribution in [0.5, 0.6) is 5.75 Å². The number of anilines is 2. The number of aliphatic imine (C=N–C) groups is 1. The lowest BCUT2D eigenvalue weighted by Crippen LogP contribution is -2.28. The molecule has 2 aliphatic rings. The monoisotopic (exact) mass is 952 g/mol. The first-order valence-electron chi connectivity index (χ1n) is 24.2. The van der Waals surface area contributed by atoms with Crippen LogP contribution in [0.4, 0.5) is 11.4 Å². The van der Waals surface area contributed by atoms with E-state index in [4.69, 9.17) is 15.6 Å². The van der Waals surface area contributed by atoms with Crippen LogP contribution in [0.25, 0.3) is 75.5 Å². The number of nitrogens with two attached hydrogens (primary N) is 1. The van der Waals surface area contributed by atoms with Crippen molar-refractivity contribution in [3.05, 3.63) is 247 Å². The van der Waals surface area contributed by atoms with Gasteiger partial charge in [-0.2, -0.15) is 0 Å². The van der Waals surface area contributed by atoms with Crippen LogP contribution in [0.3, 0.4) is 0 Å². The normalized spacial score (nSPS) is 14.8. The van der Waals surface area contributed by atoms with Gasteiger partial charge in [0.1, 0.15) is 22.8 Å². The molecule has 13 rings (SSSR count). The lowest BCUT2D eigenvalue weighted by Gasteiger charge is -2.29. The van der Waals surface area contributed by atoms with E-state index in [0.717, 1.165) is 66.6 Å². The summed E-state index contributed by atoms with van der Waals surface area (Å²) >= 11 is 1.83. The number of thiophene rings is 1. The van der Waals surface area contributed by atoms with Gasteiger partial charge in [0.25, 0.3) is 0 Å². The smallest absolute Gasteiger partial charge is 0.135 e. The predicted octanol–water partition coefficient (Wildman–Crippen LogP) is 17.1. The predicted molar refractivity (Wildman–Crippen MR) is 305 cm³/mol. The van der Waals surface area contributed by atoms with Crippen LogP contribution in [0.1, 0.15) is 41.1 Å². The van der Waals surface area contributed by atoms with Crippen LogP contribution < -0.4 is 10.6 Å². The minimum absolute atomic E-state index is 0.0532. The fourth-order valence-corrected chi connectivity index (χ4v) is 11.4. The van der Waals surface area contributed by atoms with Crippen molar-refractivity contribution in [2.24, 2.45) is 10.7 Å². The van der Waals surface area contributed by atoms with E-state index in [9.17, 15) is 5.11 Å². The molecule has 1 aliphatic heterocycles. The molecular weight excluding hydrogens is 901 g/mol. The zero-order valence-corrected chi connectivity index (χ0v) is 40.9. The third kappa shape index (κ3) is 8.65. The highest BCUT2D eigenvalue weighted by Gasteiger charge is 2.37. The van der Waals surface area contributed by atoms with Gasteiger partial charge in [-0.05, 0) is 114 Å². The Bertz CT molecular complexity index is 3880. The lowest BCUT2D eigenvalue weighted by molar-refractivity contribution is 0.477. The number of phenolic OH excluding ortho intramolecular Hbond substituents is 1. The third-order valence-electron chi connectivity index (χ3n) is 13.8. The molecule has 0 fully saturated rings. The number of phenols is 1. The van der Waals surface area contributed by atoms with Crippen LogP contribution in [0.2, 0.25) is 0 Å². The first-order valence-corrected chi connectivity index (χ1v) is 25.0. The molecule has 2 aromatic heterocycles. The number of rotatable bonds is 7. The standard InChI is InChI=1S/C39H27NO2S.C19H17N3.C7H8/c1-23(40-2)28-8-6-11-35-39(28)32-21-27(18-20-34(32)42-35)29-9-5-10-33(41)38(29)25-15-13-24(14-16-25)26-17-19-31-30-7-3-4-12-36(30)43-37(31)22-26;20-19(21)13-6-5-7-14(12-13)22-17-10-3-1-8-15(17)16-9-2-4-11-18(16)22;1-7-5-3-2-4-6-7/h3-23,41H,2H2,1H3;1-12,15,17H,(H3,20,21);2-6H,1H3. The molecule has 4 N–H and O–H groups in total. The Morgan fingerprint density at radius 3 is 2.17 bits per heavy atom. The highest BCUT2D eigenvalue weighted by atomic mass is 32.1. The number of para-hydroxylation sites is 1. The van der Waals surface area contributed by atoms with Crippen molar-refractivity contribution in [1.29, 1.82) is 5.41 Å². The van der Waals surface area contributed by atoms with Crippen LogP contribution in [-0.2, 0) is 0 Å². The van der Waals surface area contributed by atoms with E-state index < -0.39 is 0 Å². The van der Waals surface area contributed by atoms with Crippen molar-refractivity contribution >= 4 is 77.4 Å². The van der Waals surface area contributed by atoms with Crippen molar-refractivity contribution in [2.45, 2.75) is 31.8 Å². The Hall–Kier alpha value is -8.78. The molecule has 6 nitrogen and oxygen atoms in total. The fourth-order valence-electron chi connectivity index (χ4n) is 10.2. The van der Waals surface area contributed by atoms with E-state index in [1.54, 1.807) is 6.07 Å². The molecule has 1 aliphatic carbocycles. The Balaban J connectivity index is 0.000000159. The topological polar surface area (TPSA) is 98.8 Å². The molecular formula is C65H52N4O2S. The van der Waals surface area contributed by atoms with Gasteiger partial charge in [-0.25, -0.2) is 0 Å². The molecule has 11 aromatic rings. The molecule has 0 saturated heterocycles. The van der Waals surface area contributed by atoms with Crippen LogP contribution in [0, 0.1) is 12.3 Å². The average Bonchev–Trinajstić information content (AvgIpc) is 4.10. The number of furan rings is 1. The first kappa shape index (κ1) is 45.7. The summed E-state index contributed by atoms with van der Waals surface area (Å²) in [5, 5.41) is 23.5. The minimum Gasteiger partial charge on any atom is -0.507 e. The second-order valence-electron chi connectivity index (χ2n) is 18.3. The van der Waals surface area contributed by atoms with Gasteiger partial charge in [-0.3, -0.25) is 10.4 Å². The summed E-state index contributed by atoms with van der Waals surface area (Å²) in [6, 6.07) is 68.7.